The lowest BCUT2D eigenvalue weighted by molar-refractivity contribution is 0.309. The molecule has 0 N–H and O–H groups in total. The SMILES string of the molecule is CCCOc1cc(C)c(C)cc1S(=O)(=O)n1ccnc1. The van der Waals surface area contributed by atoms with Gasteiger partial charge in [-0.25, -0.2) is 17.4 Å². The Morgan fingerprint density at radius 1 is 1.25 bits per heavy atom. The Hall–Kier alpha value is -1.82. The average Bonchev–Trinajstić information content (AvgIpc) is 2.94. The van der Waals surface area contributed by atoms with Crippen LogP contribution in [0.1, 0.15) is 24.5 Å². The number of ether oxygens (including phenoxy) is 1. The molecule has 20 heavy (non-hydrogen) atoms. The van der Waals surface area contributed by atoms with E-state index in [1.807, 2.05) is 20.8 Å². The second kappa shape index (κ2) is 5.66. The zero-order valence-corrected chi connectivity index (χ0v) is 12.6. The minimum Gasteiger partial charge on any atom is -0.492 e. The molecule has 1 aromatic heterocycles. The van der Waals surface area contributed by atoms with E-state index in [-0.39, 0.29) is 4.90 Å². The molecule has 5 nitrogen and oxygen atoms in total. The molecule has 0 aliphatic rings. The molecule has 2 rings (SSSR count). The lowest BCUT2D eigenvalue weighted by Crippen LogP contribution is -2.13. The first-order chi connectivity index (χ1) is 9.46. The predicted molar refractivity (Wildman–Crippen MR) is 76.5 cm³/mol. The molecule has 0 saturated heterocycles. The average molecular weight is 294 g/mol. The Kier molecular flexibility index (Phi) is 4.13. The third-order valence-corrected chi connectivity index (χ3v) is 4.70. The summed E-state index contributed by atoms with van der Waals surface area (Å²) in [6.07, 6.45) is 4.94. The largest absolute Gasteiger partial charge is 0.492 e. The zero-order valence-electron chi connectivity index (χ0n) is 11.8. The van der Waals surface area contributed by atoms with Crippen molar-refractivity contribution in [3.63, 3.8) is 0 Å². The molecule has 0 radical (unpaired) electrons. The zero-order chi connectivity index (χ0) is 14.8. The summed E-state index contributed by atoms with van der Waals surface area (Å²) in [7, 11) is -3.67. The monoisotopic (exact) mass is 294 g/mol. The second-order valence-electron chi connectivity index (χ2n) is 4.63. The van der Waals surface area contributed by atoms with E-state index in [1.165, 1.54) is 18.7 Å². The number of rotatable bonds is 5. The fourth-order valence-corrected chi connectivity index (χ4v) is 3.11. The van der Waals surface area contributed by atoms with Crippen LogP contribution in [0.25, 0.3) is 0 Å². The van der Waals surface area contributed by atoms with Gasteiger partial charge < -0.3 is 4.74 Å². The quantitative estimate of drug-likeness (QED) is 0.850. The molecule has 1 heterocycles. The molecular weight excluding hydrogens is 276 g/mol. The number of nitrogens with zero attached hydrogens (tertiary/aromatic N) is 2. The summed E-state index contributed by atoms with van der Waals surface area (Å²) in [5.74, 6) is 0.392. The highest BCUT2D eigenvalue weighted by Crippen LogP contribution is 2.29. The van der Waals surface area contributed by atoms with E-state index in [0.29, 0.717) is 12.4 Å². The molecule has 108 valence electrons. The number of hydrogen-bond donors (Lipinski definition) is 0. The van der Waals surface area contributed by atoms with Gasteiger partial charge in [0.1, 0.15) is 17.0 Å². The number of benzene rings is 1. The number of imidazole rings is 1. The van der Waals surface area contributed by atoms with Gasteiger partial charge in [0.2, 0.25) is 0 Å². The van der Waals surface area contributed by atoms with Gasteiger partial charge >= 0.3 is 0 Å². The molecule has 0 saturated carbocycles. The van der Waals surface area contributed by atoms with Crippen molar-refractivity contribution in [2.45, 2.75) is 32.1 Å². The lowest BCUT2D eigenvalue weighted by atomic mass is 10.1. The third kappa shape index (κ3) is 2.70. The molecule has 0 amide bonds. The first kappa shape index (κ1) is 14.6. The van der Waals surface area contributed by atoms with Crippen molar-refractivity contribution in [1.82, 2.24) is 8.96 Å². The Balaban J connectivity index is 2.57. The summed E-state index contributed by atoms with van der Waals surface area (Å²) < 4.78 is 31.9. The van der Waals surface area contributed by atoms with Crippen molar-refractivity contribution in [2.75, 3.05) is 6.61 Å². The van der Waals surface area contributed by atoms with Crippen LogP contribution in [0.15, 0.2) is 35.7 Å². The molecule has 2 aromatic rings. The van der Waals surface area contributed by atoms with Gasteiger partial charge in [0.15, 0.2) is 0 Å². The van der Waals surface area contributed by atoms with Crippen LogP contribution in [0.4, 0.5) is 0 Å². The van der Waals surface area contributed by atoms with Crippen LogP contribution in [0.2, 0.25) is 0 Å². The van der Waals surface area contributed by atoms with E-state index in [1.54, 1.807) is 12.1 Å². The van der Waals surface area contributed by atoms with Gasteiger partial charge in [-0.1, -0.05) is 6.92 Å². The fraction of sp³-hybridized carbons (Fsp3) is 0.357. The maximum Gasteiger partial charge on any atom is 0.272 e. The van der Waals surface area contributed by atoms with Gasteiger partial charge in [0, 0.05) is 12.4 Å². The van der Waals surface area contributed by atoms with Crippen LogP contribution in [-0.2, 0) is 10.0 Å². The van der Waals surface area contributed by atoms with Gasteiger partial charge in [0.25, 0.3) is 10.0 Å². The normalized spacial score (nSPS) is 11.6. The second-order valence-corrected chi connectivity index (χ2v) is 6.44. The van der Waals surface area contributed by atoms with E-state index < -0.39 is 10.0 Å². The van der Waals surface area contributed by atoms with Crippen molar-refractivity contribution in [3.05, 3.63) is 42.0 Å². The smallest absolute Gasteiger partial charge is 0.272 e. The van der Waals surface area contributed by atoms with Crippen molar-refractivity contribution in [3.8, 4) is 5.75 Å². The Morgan fingerprint density at radius 2 is 1.95 bits per heavy atom. The predicted octanol–water partition coefficient (Wildman–Crippen LogP) is 2.53. The lowest BCUT2D eigenvalue weighted by Gasteiger charge is -2.14. The molecule has 0 aliphatic carbocycles. The van der Waals surface area contributed by atoms with Gasteiger partial charge in [-0.3, -0.25) is 0 Å². The van der Waals surface area contributed by atoms with Crippen molar-refractivity contribution >= 4 is 10.0 Å². The number of aromatic nitrogens is 2. The van der Waals surface area contributed by atoms with E-state index >= 15 is 0 Å². The molecule has 0 bridgehead atoms. The highest BCUT2D eigenvalue weighted by Gasteiger charge is 2.22. The van der Waals surface area contributed by atoms with Crippen LogP contribution in [0.5, 0.6) is 5.75 Å². The third-order valence-electron chi connectivity index (χ3n) is 3.06. The van der Waals surface area contributed by atoms with Gasteiger partial charge in [0.05, 0.1) is 6.61 Å². The van der Waals surface area contributed by atoms with Crippen LogP contribution in [0.3, 0.4) is 0 Å². The van der Waals surface area contributed by atoms with Crippen molar-refractivity contribution in [1.29, 1.82) is 0 Å². The maximum absolute atomic E-state index is 12.6. The van der Waals surface area contributed by atoms with Crippen LogP contribution >= 0.6 is 0 Å². The molecular formula is C14H18N2O3S. The minimum atomic E-state index is -3.67. The summed E-state index contributed by atoms with van der Waals surface area (Å²) in [6, 6.07) is 3.42. The first-order valence-electron chi connectivity index (χ1n) is 6.44. The first-order valence-corrected chi connectivity index (χ1v) is 7.88. The Morgan fingerprint density at radius 3 is 2.55 bits per heavy atom. The number of hydrogen-bond acceptors (Lipinski definition) is 4. The van der Waals surface area contributed by atoms with E-state index in [2.05, 4.69) is 4.98 Å². The maximum atomic E-state index is 12.6. The van der Waals surface area contributed by atoms with E-state index in [0.717, 1.165) is 21.5 Å². The molecule has 1 aromatic carbocycles. The van der Waals surface area contributed by atoms with E-state index in [4.69, 9.17) is 4.74 Å². The fourth-order valence-electron chi connectivity index (χ4n) is 1.79. The van der Waals surface area contributed by atoms with Crippen LogP contribution in [-0.4, -0.2) is 24.0 Å². The Bertz CT molecular complexity index is 691. The van der Waals surface area contributed by atoms with Crippen LogP contribution < -0.4 is 4.74 Å². The summed E-state index contributed by atoms with van der Waals surface area (Å²) in [4.78, 5) is 3.96. The van der Waals surface area contributed by atoms with E-state index in [9.17, 15) is 8.42 Å². The Labute approximate surface area is 119 Å². The molecule has 6 heteroatoms. The molecule has 0 fully saturated rings. The summed E-state index contributed by atoms with van der Waals surface area (Å²) in [5, 5.41) is 0. The highest BCUT2D eigenvalue weighted by molar-refractivity contribution is 7.90. The van der Waals surface area contributed by atoms with Crippen molar-refractivity contribution in [2.24, 2.45) is 0 Å². The van der Waals surface area contributed by atoms with Crippen LogP contribution in [0, 0.1) is 13.8 Å². The molecule has 0 atom stereocenters. The van der Waals surface area contributed by atoms with Gasteiger partial charge in [-0.15, -0.1) is 0 Å². The van der Waals surface area contributed by atoms with Gasteiger partial charge in [-0.2, -0.15) is 0 Å². The standard InChI is InChI=1S/C14H18N2O3S/c1-4-7-19-13-8-11(2)12(3)9-14(13)20(17,18)16-6-5-15-10-16/h5-6,8-10H,4,7H2,1-3H3. The number of aryl methyl sites for hydroxylation is 2. The summed E-state index contributed by atoms with van der Waals surface area (Å²) in [5.41, 5.74) is 1.91. The van der Waals surface area contributed by atoms with Gasteiger partial charge in [-0.05, 0) is 43.5 Å². The molecule has 0 spiro atoms. The summed E-state index contributed by atoms with van der Waals surface area (Å²) >= 11 is 0. The van der Waals surface area contributed by atoms with Crippen molar-refractivity contribution < 1.29 is 13.2 Å². The summed E-state index contributed by atoms with van der Waals surface area (Å²) in [6.45, 7) is 6.27. The molecule has 0 unspecified atom stereocenters. The highest BCUT2D eigenvalue weighted by atomic mass is 32.2. The topological polar surface area (TPSA) is 61.2 Å². The minimum absolute atomic E-state index is 0.173. The molecule has 0 aliphatic heterocycles.